The molecule has 3 heterocycles. The standard InChI is InChI=1S/C19H16F2N4O/c20-15-2-1-12(9-16(15)21)10-25-8-5-14-17(11-25)23-18(24-19(14)26)13-3-6-22-7-4-13/h1-4,6-7,9H,5,8,10-11H2,(H,23,24,26). The number of nitrogens with one attached hydrogen (secondary N) is 1. The summed E-state index contributed by atoms with van der Waals surface area (Å²) >= 11 is 0. The number of H-pyrrole nitrogens is 1. The van der Waals surface area contributed by atoms with Gasteiger partial charge in [0, 0.05) is 43.2 Å². The Bertz CT molecular complexity index is 1000. The second-order valence-electron chi connectivity index (χ2n) is 6.28. The fraction of sp³-hybridized carbons (Fsp3) is 0.211. The molecule has 1 aromatic carbocycles. The average Bonchev–Trinajstić information content (AvgIpc) is 2.65. The third-order valence-corrected chi connectivity index (χ3v) is 4.50. The van der Waals surface area contributed by atoms with Crippen molar-refractivity contribution in [3.63, 3.8) is 0 Å². The number of aromatic nitrogens is 3. The minimum atomic E-state index is -0.854. The summed E-state index contributed by atoms with van der Waals surface area (Å²) < 4.78 is 26.5. The lowest BCUT2D eigenvalue weighted by atomic mass is 10.0. The molecule has 0 unspecified atom stereocenters. The van der Waals surface area contributed by atoms with Gasteiger partial charge in [-0.05, 0) is 36.2 Å². The average molecular weight is 354 g/mol. The molecule has 0 saturated heterocycles. The van der Waals surface area contributed by atoms with Gasteiger partial charge in [0.15, 0.2) is 11.6 Å². The maximum absolute atomic E-state index is 13.4. The van der Waals surface area contributed by atoms with Crippen molar-refractivity contribution in [1.29, 1.82) is 0 Å². The van der Waals surface area contributed by atoms with Crippen molar-refractivity contribution in [2.45, 2.75) is 19.5 Å². The third-order valence-electron chi connectivity index (χ3n) is 4.50. The van der Waals surface area contributed by atoms with E-state index in [-0.39, 0.29) is 5.56 Å². The molecule has 26 heavy (non-hydrogen) atoms. The Kier molecular flexibility index (Phi) is 4.30. The van der Waals surface area contributed by atoms with Gasteiger partial charge >= 0.3 is 0 Å². The molecule has 0 radical (unpaired) electrons. The predicted molar refractivity (Wildman–Crippen MR) is 92.3 cm³/mol. The normalized spacial score (nSPS) is 14.2. The van der Waals surface area contributed by atoms with Crippen LogP contribution in [0.1, 0.15) is 16.8 Å². The van der Waals surface area contributed by atoms with Gasteiger partial charge in [0.1, 0.15) is 5.82 Å². The number of aromatic amines is 1. The van der Waals surface area contributed by atoms with Gasteiger partial charge in [0.2, 0.25) is 0 Å². The summed E-state index contributed by atoms with van der Waals surface area (Å²) in [4.78, 5) is 25.9. The van der Waals surface area contributed by atoms with E-state index in [4.69, 9.17) is 0 Å². The smallest absolute Gasteiger partial charge is 0.254 e. The SMILES string of the molecule is O=c1[nH]c(-c2ccncc2)nc2c1CCN(Cc1ccc(F)c(F)c1)C2. The van der Waals surface area contributed by atoms with Crippen LogP contribution in [0.15, 0.2) is 47.5 Å². The Morgan fingerprint density at radius 1 is 1.12 bits per heavy atom. The lowest BCUT2D eigenvalue weighted by Gasteiger charge is -2.27. The first-order valence-corrected chi connectivity index (χ1v) is 8.29. The Morgan fingerprint density at radius 2 is 1.92 bits per heavy atom. The Balaban J connectivity index is 1.60. The first kappa shape index (κ1) is 16.5. The summed E-state index contributed by atoms with van der Waals surface area (Å²) in [5, 5.41) is 0. The van der Waals surface area contributed by atoms with Gasteiger partial charge in [-0.2, -0.15) is 0 Å². The van der Waals surface area contributed by atoms with Crippen molar-refractivity contribution < 1.29 is 8.78 Å². The quantitative estimate of drug-likeness (QED) is 0.786. The largest absolute Gasteiger partial charge is 0.306 e. The lowest BCUT2D eigenvalue weighted by Crippen LogP contribution is -2.35. The predicted octanol–water partition coefficient (Wildman–Crippen LogP) is 2.67. The second-order valence-corrected chi connectivity index (χ2v) is 6.28. The first-order valence-electron chi connectivity index (χ1n) is 8.29. The lowest BCUT2D eigenvalue weighted by molar-refractivity contribution is 0.240. The summed E-state index contributed by atoms with van der Waals surface area (Å²) in [6.45, 7) is 1.61. The van der Waals surface area contributed by atoms with Crippen molar-refractivity contribution in [1.82, 2.24) is 19.9 Å². The Labute approximate surface area is 148 Å². The first-order chi connectivity index (χ1) is 12.6. The van der Waals surface area contributed by atoms with Crippen LogP contribution in [0.3, 0.4) is 0 Å². The van der Waals surface area contributed by atoms with Gasteiger partial charge in [-0.1, -0.05) is 6.07 Å². The summed E-state index contributed by atoms with van der Waals surface area (Å²) in [5.74, 6) is -1.20. The monoisotopic (exact) mass is 354 g/mol. The summed E-state index contributed by atoms with van der Waals surface area (Å²) in [7, 11) is 0. The van der Waals surface area contributed by atoms with Gasteiger partial charge < -0.3 is 4.98 Å². The van der Waals surface area contributed by atoms with Crippen molar-refractivity contribution in [3.8, 4) is 11.4 Å². The molecule has 1 aliphatic heterocycles. The van der Waals surface area contributed by atoms with Crippen LogP contribution < -0.4 is 5.56 Å². The minimum absolute atomic E-state index is 0.130. The molecule has 0 aliphatic carbocycles. The zero-order valence-corrected chi connectivity index (χ0v) is 13.9. The number of fused-ring (bicyclic) bond motifs is 1. The van der Waals surface area contributed by atoms with E-state index in [0.29, 0.717) is 43.0 Å². The van der Waals surface area contributed by atoms with E-state index in [1.54, 1.807) is 30.6 Å². The highest BCUT2D eigenvalue weighted by atomic mass is 19.2. The molecule has 7 heteroatoms. The third kappa shape index (κ3) is 3.25. The summed E-state index contributed by atoms with van der Waals surface area (Å²) in [5.41, 5.74) is 2.75. The number of pyridine rings is 1. The van der Waals surface area contributed by atoms with Crippen LogP contribution >= 0.6 is 0 Å². The highest BCUT2D eigenvalue weighted by Crippen LogP contribution is 2.20. The van der Waals surface area contributed by atoms with Crippen molar-refractivity contribution in [2.75, 3.05) is 6.54 Å². The molecule has 0 fully saturated rings. The van der Waals surface area contributed by atoms with Gasteiger partial charge in [-0.3, -0.25) is 14.7 Å². The van der Waals surface area contributed by atoms with E-state index in [1.807, 2.05) is 0 Å². The van der Waals surface area contributed by atoms with E-state index in [9.17, 15) is 13.6 Å². The molecule has 2 aromatic heterocycles. The molecule has 0 amide bonds. The van der Waals surface area contributed by atoms with Crippen LogP contribution in [-0.2, 0) is 19.5 Å². The zero-order valence-electron chi connectivity index (χ0n) is 13.9. The molecule has 0 saturated carbocycles. The summed E-state index contributed by atoms with van der Waals surface area (Å²) in [6.07, 6.45) is 3.85. The number of hydrogen-bond acceptors (Lipinski definition) is 4. The summed E-state index contributed by atoms with van der Waals surface area (Å²) in [6, 6.07) is 7.48. The van der Waals surface area contributed by atoms with Crippen LogP contribution in [0.5, 0.6) is 0 Å². The minimum Gasteiger partial charge on any atom is -0.306 e. The molecule has 1 aliphatic rings. The number of halogens is 2. The molecular weight excluding hydrogens is 338 g/mol. The molecular formula is C19H16F2N4O. The molecule has 0 spiro atoms. The van der Waals surface area contributed by atoms with Crippen molar-refractivity contribution in [2.24, 2.45) is 0 Å². The van der Waals surface area contributed by atoms with Crippen LogP contribution in [0.25, 0.3) is 11.4 Å². The van der Waals surface area contributed by atoms with E-state index < -0.39 is 11.6 Å². The van der Waals surface area contributed by atoms with Gasteiger partial charge in [0.05, 0.1) is 5.69 Å². The molecule has 132 valence electrons. The van der Waals surface area contributed by atoms with Crippen LogP contribution in [0.4, 0.5) is 8.78 Å². The van der Waals surface area contributed by atoms with Crippen LogP contribution in [-0.4, -0.2) is 26.4 Å². The number of hydrogen-bond donors (Lipinski definition) is 1. The van der Waals surface area contributed by atoms with E-state index in [0.717, 1.165) is 17.3 Å². The molecule has 3 aromatic rings. The molecule has 5 nitrogen and oxygen atoms in total. The van der Waals surface area contributed by atoms with Crippen LogP contribution in [0, 0.1) is 11.6 Å². The van der Waals surface area contributed by atoms with Crippen molar-refractivity contribution in [3.05, 3.63) is 81.5 Å². The second kappa shape index (κ2) is 6.76. The highest BCUT2D eigenvalue weighted by Gasteiger charge is 2.21. The topological polar surface area (TPSA) is 61.9 Å². The van der Waals surface area contributed by atoms with Gasteiger partial charge in [-0.25, -0.2) is 13.8 Å². The number of benzene rings is 1. The molecule has 0 atom stereocenters. The fourth-order valence-corrected chi connectivity index (χ4v) is 3.17. The number of rotatable bonds is 3. The molecule has 4 rings (SSSR count). The number of nitrogens with zero attached hydrogens (tertiary/aromatic N) is 3. The van der Waals surface area contributed by atoms with Crippen molar-refractivity contribution >= 4 is 0 Å². The molecule has 1 N–H and O–H groups in total. The van der Waals surface area contributed by atoms with E-state index >= 15 is 0 Å². The maximum Gasteiger partial charge on any atom is 0.254 e. The Morgan fingerprint density at radius 3 is 2.69 bits per heavy atom. The van der Waals surface area contributed by atoms with Crippen LogP contribution in [0.2, 0.25) is 0 Å². The molecule has 0 bridgehead atoms. The van der Waals surface area contributed by atoms with E-state index in [1.165, 1.54) is 6.07 Å². The van der Waals surface area contributed by atoms with Gasteiger partial charge in [-0.15, -0.1) is 0 Å². The van der Waals surface area contributed by atoms with E-state index in [2.05, 4.69) is 19.9 Å². The maximum atomic E-state index is 13.4. The highest BCUT2D eigenvalue weighted by molar-refractivity contribution is 5.54. The Hall–Kier alpha value is -2.93. The van der Waals surface area contributed by atoms with Gasteiger partial charge in [0.25, 0.3) is 5.56 Å². The zero-order chi connectivity index (χ0) is 18.1. The fourth-order valence-electron chi connectivity index (χ4n) is 3.17.